The van der Waals surface area contributed by atoms with Crippen LogP contribution in [0.15, 0.2) is 54.6 Å². The molecule has 0 heterocycles. The molecule has 0 aliphatic heterocycles. The summed E-state index contributed by atoms with van der Waals surface area (Å²) in [5.41, 5.74) is 2.68. The maximum absolute atomic E-state index is 5.28. The second kappa shape index (κ2) is 7.84. The van der Waals surface area contributed by atoms with E-state index in [1.54, 1.807) is 7.11 Å². The Balaban J connectivity index is 1.82. The molecule has 0 amide bonds. The summed E-state index contributed by atoms with van der Waals surface area (Å²) in [6.07, 6.45) is 1.14. The van der Waals surface area contributed by atoms with Crippen molar-refractivity contribution in [3.8, 4) is 5.75 Å². The second-order valence-electron chi connectivity index (χ2n) is 5.55. The summed E-state index contributed by atoms with van der Waals surface area (Å²) >= 11 is 0. The minimum atomic E-state index is 0.336. The summed E-state index contributed by atoms with van der Waals surface area (Å²) in [5.74, 6) is 1.50. The fourth-order valence-corrected chi connectivity index (χ4v) is 2.49. The van der Waals surface area contributed by atoms with Gasteiger partial charge in [0.2, 0.25) is 0 Å². The number of hydrogen-bond acceptors (Lipinski definition) is 2. The van der Waals surface area contributed by atoms with Crippen molar-refractivity contribution in [2.45, 2.75) is 32.2 Å². The molecule has 2 heteroatoms. The summed E-state index contributed by atoms with van der Waals surface area (Å²) in [6, 6.07) is 19.3. The zero-order chi connectivity index (χ0) is 15.1. The van der Waals surface area contributed by atoms with Gasteiger partial charge in [0, 0.05) is 6.04 Å². The molecule has 1 N–H and O–H groups in total. The van der Waals surface area contributed by atoms with Gasteiger partial charge >= 0.3 is 0 Å². The van der Waals surface area contributed by atoms with Gasteiger partial charge in [-0.3, -0.25) is 0 Å². The number of hydrogen-bond donors (Lipinski definition) is 1. The lowest BCUT2D eigenvalue weighted by Crippen LogP contribution is -2.21. The lowest BCUT2D eigenvalue weighted by molar-refractivity contribution is 0.413. The molecule has 2 nitrogen and oxygen atoms in total. The van der Waals surface area contributed by atoms with E-state index >= 15 is 0 Å². The van der Waals surface area contributed by atoms with Crippen LogP contribution < -0.4 is 10.1 Å². The molecule has 0 aromatic heterocycles. The highest BCUT2D eigenvalue weighted by Gasteiger charge is 2.08. The monoisotopic (exact) mass is 283 g/mol. The van der Waals surface area contributed by atoms with Crippen molar-refractivity contribution in [1.29, 1.82) is 0 Å². The van der Waals surface area contributed by atoms with Crippen molar-refractivity contribution >= 4 is 0 Å². The molecule has 0 saturated carbocycles. The standard InChI is InChI=1S/C19H25NO/c1-15(17-8-5-4-6-9-17)12-13-20-16(2)18-10-7-11-19(14-18)21-3/h4-11,14-16,20H,12-13H2,1-3H3. The average Bonchev–Trinajstić information content (AvgIpc) is 2.55. The van der Waals surface area contributed by atoms with Crippen LogP contribution in [0.4, 0.5) is 0 Å². The van der Waals surface area contributed by atoms with Gasteiger partial charge in [0.25, 0.3) is 0 Å². The van der Waals surface area contributed by atoms with E-state index in [0.29, 0.717) is 12.0 Å². The predicted molar refractivity (Wildman–Crippen MR) is 88.9 cm³/mol. The normalized spacial score (nSPS) is 13.7. The molecule has 0 aliphatic carbocycles. The lowest BCUT2D eigenvalue weighted by atomic mass is 9.97. The highest BCUT2D eigenvalue weighted by molar-refractivity contribution is 5.30. The van der Waals surface area contributed by atoms with E-state index < -0.39 is 0 Å². The van der Waals surface area contributed by atoms with Gasteiger partial charge < -0.3 is 10.1 Å². The van der Waals surface area contributed by atoms with Crippen LogP contribution in [0.2, 0.25) is 0 Å². The maximum Gasteiger partial charge on any atom is 0.119 e. The molecular weight excluding hydrogens is 258 g/mol. The molecule has 21 heavy (non-hydrogen) atoms. The van der Waals surface area contributed by atoms with E-state index in [1.807, 2.05) is 12.1 Å². The van der Waals surface area contributed by atoms with Crippen LogP contribution in [-0.4, -0.2) is 13.7 Å². The number of rotatable bonds is 7. The van der Waals surface area contributed by atoms with E-state index in [9.17, 15) is 0 Å². The smallest absolute Gasteiger partial charge is 0.119 e. The predicted octanol–water partition coefficient (Wildman–Crippen LogP) is 4.54. The van der Waals surface area contributed by atoms with Gasteiger partial charge in [-0.15, -0.1) is 0 Å². The van der Waals surface area contributed by atoms with Crippen molar-refractivity contribution in [3.05, 3.63) is 65.7 Å². The summed E-state index contributed by atoms with van der Waals surface area (Å²) in [6.45, 7) is 5.49. The van der Waals surface area contributed by atoms with Crippen LogP contribution in [0.3, 0.4) is 0 Å². The van der Waals surface area contributed by atoms with Crippen molar-refractivity contribution in [2.75, 3.05) is 13.7 Å². The van der Waals surface area contributed by atoms with Gasteiger partial charge in [-0.1, -0.05) is 49.4 Å². The van der Waals surface area contributed by atoms with Crippen molar-refractivity contribution in [3.63, 3.8) is 0 Å². The molecule has 0 radical (unpaired) electrons. The highest BCUT2D eigenvalue weighted by atomic mass is 16.5. The largest absolute Gasteiger partial charge is 0.497 e. The first-order valence-electron chi connectivity index (χ1n) is 7.63. The van der Waals surface area contributed by atoms with Crippen LogP contribution in [-0.2, 0) is 0 Å². The minimum Gasteiger partial charge on any atom is -0.497 e. The Morgan fingerprint density at radius 3 is 2.38 bits per heavy atom. The zero-order valence-electron chi connectivity index (χ0n) is 13.2. The van der Waals surface area contributed by atoms with E-state index in [4.69, 9.17) is 4.74 Å². The first-order valence-corrected chi connectivity index (χ1v) is 7.63. The molecular formula is C19H25NO. The lowest BCUT2D eigenvalue weighted by Gasteiger charge is -2.17. The van der Waals surface area contributed by atoms with E-state index in [1.165, 1.54) is 11.1 Å². The fourth-order valence-electron chi connectivity index (χ4n) is 2.49. The van der Waals surface area contributed by atoms with Crippen LogP contribution >= 0.6 is 0 Å². The maximum atomic E-state index is 5.28. The molecule has 0 aliphatic rings. The molecule has 0 bridgehead atoms. The Bertz CT molecular complexity index is 538. The Hall–Kier alpha value is -1.80. The SMILES string of the molecule is COc1cccc(C(C)NCCC(C)c2ccccc2)c1. The highest BCUT2D eigenvalue weighted by Crippen LogP contribution is 2.20. The number of benzene rings is 2. The first-order chi connectivity index (χ1) is 10.2. The Morgan fingerprint density at radius 1 is 0.952 bits per heavy atom. The molecule has 2 aromatic carbocycles. The third kappa shape index (κ3) is 4.61. The molecule has 0 saturated heterocycles. The van der Waals surface area contributed by atoms with Gasteiger partial charge in [-0.25, -0.2) is 0 Å². The van der Waals surface area contributed by atoms with Gasteiger partial charge in [0.05, 0.1) is 7.11 Å². The summed E-state index contributed by atoms with van der Waals surface area (Å²) in [4.78, 5) is 0. The molecule has 0 fully saturated rings. The molecule has 2 aromatic rings. The van der Waals surface area contributed by atoms with Gasteiger partial charge in [-0.2, -0.15) is 0 Å². The second-order valence-corrected chi connectivity index (χ2v) is 5.55. The topological polar surface area (TPSA) is 21.3 Å². The number of methoxy groups -OCH3 is 1. The van der Waals surface area contributed by atoms with Crippen LogP contribution in [0.1, 0.15) is 43.4 Å². The summed E-state index contributed by atoms with van der Waals surface area (Å²) in [7, 11) is 1.71. The van der Waals surface area contributed by atoms with Gasteiger partial charge in [0.15, 0.2) is 0 Å². The van der Waals surface area contributed by atoms with Gasteiger partial charge in [0.1, 0.15) is 5.75 Å². The molecule has 2 rings (SSSR count). The Labute approximate surface area is 128 Å². The zero-order valence-corrected chi connectivity index (χ0v) is 13.2. The van der Waals surface area contributed by atoms with E-state index in [-0.39, 0.29) is 0 Å². The average molecular weight is 283 g/mol. The summed E-state index contributed by atoms with van der Waals surface area (Å²) in [5, 5.41) is 3.60. The number of ether oxygens (including phenoxy) is 1. The quantitative estimate of drug-likeness (QED) is 0.805. The van der Waals surface area contributed by atoms with E-state index in [2.05, 4.69) is 61.6 Å². The summed E-state index contributed by atoms with van der Waals surface area (Å²) < 4.78 is 5.28. The Morgan fingerprint density at radius 2 is 1.67 bits per heavy atom. The van der Waals surface area contributed by atoms with Crippen LogP contribution in [0.25, 0.3) is 0 Å². The van der Waals surface area contributed by atoms with Crippen LogP contribution in [0, 0.1) is 0 Å². The molecule has 112 valence electrons. The molecule has 2 atom stereocenters. The van der Waals surface area contributed by atoms with Crippen molar-refractivity contribution in [1.82, 2.24) is 5.32 Å². The van der Waals surface area contributed by atoms with Crippen molar-refractivity contribution < 1.29 is 4.74 Å². The van der Waals surface area contributed by atoms with E-state index in [0.717, 1.165) is 18.7 Å². The third-order valence-electron chi connectivity index (χ3n) is 3.99. The Kier molecular flexibility index (Phi) is 5.82. The van der Waals surface area contributed by atoms with Gasteiger partial charge in [-0.05, 0) is 49.1 Å². The molecule has 0 spiro atoms. The first kappa shape index (κ1) is 15.6. The molecule has 2 unspecified atom stereocenters. The van der Waals surface area contributed by atoms with Crippen LogP contribution in [0.5, 0.6) is 5.75 Å². The third-order valence-corrected chi connectivity index (χ3v) is 3.99. The van der Waals surface area contributed by atoms with Crippen molar-refractivity contribution in [2.24, 2.45) is 0 Å². The minimum absolute atomic E-state index is 0.336. The number of nitrogens with one attached hydrogen (secondary N) is 1. The fraction of sp³-hybridized carbons (Fsp3) is 0.368.